The number of urea groups is 1. The number of nitrogens with zero attached hydrogens (tertiary/aromatic N) is 1. The van der Waals surface area contributed by atoms with Crippen LogP contribution in [0.3, 0.4) is 0 Å². The molecule has 1 fully saturated rings. The second kappa shape index (κ2) is 6.56. The number of carbonyl (C=O) groups is 2. The van der Waals surface area contributed by atoms with Crippen LogP contribution >= 0.6 is 0 Å². The molecule has 1 aliphatic carbocycles. The molecule has 0 aliphatic heterocycles. The van der Waals surface area contributed by atoms with E-state index >= 15 is 0 Å². The third kappa shape index (κ3) is 5.14. The Labute approximate surface area is 101 Å². The summed E-state index contributed by atoms with van der Waals surface area (Å²) in [5, 5.41) is 13.9. The molecule has 17 heavy (non-hydrogen) atoms. The summed E-state index contributed by atoms with van der Waals surface area (Å²) in [5.41, 5.74) is 0. The molecule has 6 nitrogen and oxygen atoms in total. The summed E-state index contributed by atoms with van der Waals surface area (Å²) in [6, 6.07) is -0.454. The molecule has 0 atom stereocenters. The number of aliphatic hydroxyl groups is 1. The van der Waals surface area contributed by atoms with Gasteiger partial charge in [-0.15, -0.1) is 0 Å². The molecule has 1 aliphatic rings. The molecule has 0 saturated heterocycles. The van der Waals surface area contributed by atoms with Crippen LogP contribution in [-0.4, -0.2) is 54.7 Å². The molecule has 6 heteroatoms. The molecular formula is C11H21N3O3. The van der Waals surface area contributed by atoms with Gasteiger partial charge in [-0.1, -0.05) is 0 Å². The van der Waals surface area contributed by atoms with Gasteiger partial charge in [0.1, 0.15) is 0 Å². The Morgan fingerprint density at radius 3 is 2.59 bits per heavy atom. The van der Waals surface area contributed by atoms with Crippen molar-refractivity contribution in [3.63, 3.8) is 0 Å². The van der Waals surface area contributed by atoms with Crippen molar-refractivity contribution in [3.05, 3.63) is 0 Å². The molecule has 0 unspecified atom stereocenters. The predicted molar refractivity (Wildman–Crippen MR) is 63.4 cm³/mol. The smallest absolute Gasteiger partial charge is 0.321 e. The SMILES string of the molecule is CCNC(=O)NC(=O)CN(C)CC1CC(O)C1. The first-order valence-electron chi connectivity index (χ1n) is 5.95. The minimum Gasteiger partial charge on any atom is -0.393 e. The summed E-state index contributed by atoms with van der Waals surface area (Å²) < 4.78 is 0. The van der Waals surface area contributed by atoms with Crippen molar-refractivity contribution in [1.82, 2.24) is 15.5 Å². The van der Waals surface area contributed by atoms with E-state index in [2.05, 4.69) is 10.6 Å². The first kappa shape index (κ1) is 13.9. The maximum atomic E-state index is 11.4. The largest absolute Gasteiger partial charge is 0.393 e. The van der Waals surface area contributed by atoms with Crippen molar-refractivity contribution in [2.45, 2.75) is 25.9 Å². The van der Waals surface area contributed by atoms with Crippen molar-refractivity contribution in [2.24, 2.45) is 5.92 Å². The molecule has 0 spiro atoms. The zero-order valence-electron chi connectivity index (χ0n) is 10.4. The van der Waals surface area contributed by atoms with Gasteiger partial charge in [-0.2, -0.15) is 0 Å². The van der Waals surface area contributed by atoms with E-state index in [-0.39, 0.29) is 18.6 Å². The highest BCUT2D eigenvalue weighted by molar-refractivity contribution is 5.95. The monoisotopic (exact) mass is 243 g/mol. The highest BCUT2D eigenvalue weighted by Gasteiger charge is 2.28. The van der Waals surface area contributed by atoms with Gasteiger partial charge in [-0.05, 0) is 32.7 Å². The van der Waals surface area contributed by atoms with Crippen LogP contribution in [0.4, 0.5) is 4.79 Å². The fraction of sp³-hybridized carbons (Fsp3) is 0.818. The quantitative estimate of drug-likeness (QED) is 0.610. The first-order valence-corrected chi connectivity index (χ1v) is 5.95. The lowest BCUT2D eigenvalue weighted by Gasteiger charge is -2.34. The number of nitrogens with one attached hydrogen (secondary N) is 2. The highest BCUT2D eigenvalue weighted by Crippen LogP contribution is 2.27. The molecule has 3 amide bonds. The van der Waals surface area contributed by atoms with Crippen molar-refractivity contribution in [2.75, 3.05) is 26.7 Å². The number of rotatable bonds is 5. The van der Waals surface area contributed by atoms with Gasteiger partial charge >= 0.3 is 6.03 Å². The standard InChI is InChI=1S/C11H21N3O3/c1-3-12-11(17)13-10(16)7-14(2)6-8-4-9(15)5-8/h8-9,15H,3-7H2,1-2H3,(H2,12,13,16,17). The van der Waals surface area contributed by atoms with Crippen molar-refractivity contribution in [1.29, 1.82) is 0 Å². The van der Waals surface area contributed by atoms with Crippen LogP contribution in [0.15, 0.2) is 0 Å². The summed E-state index contributed by atoms with van der Waals surface area (Å²) >= 11 is 0. The zero-order chi connectivity index (χ0) is 12.8. The second-order valence-electron chi connectivity index (χ2n) is 4.60. The minimum atomic E-state index is -0.454. The lowest BCUT2D eigenvalue weighted by molar-refractivity contribution is -0.121. The molecule has 0 aromatic heterocycles. The van der Waals surface area contributed by atoms with E-state index in [9.17, 15) is 9.59 Å². The maximum Gasteiger partial charge on any atom is 0.321 e. The first-order chi connectivity index (χ1) is 8.01. The average molecular weight is 243 g/mol. The van der Waals surface area contributed by atoms with Gasteiger partial charge in [0.2, 0.25) is 5.91 Å². The molecule has 0 aromatic rings. The Bertz CT molecular complexity index is 277. The minimum absolute atomic E-state index is 0.169. The molecule has 98 valence electrons. The summed E-state index contributed by atoms with van der Waals surface area (Å²) in [6.45, 7) is 3.26. The van der Waals surface area contributed by atoms with Crippen molar-refractivity contribution in [3.8, 4) is 0 Å². The molecule has 1 saturated carbocycles. The molecule has 0 heterocycles. The fourth-order valence-corrected chi connectivity index (χ4v) is 1.97. The second-order valence-corrected chi connectivity index (χ2v) is 4.60. The predicted octanol–water partition coefficient (Wildman–Crippen LogP) is -0.465. The number of likely N-dealkylation sites (N-methyl/N-ethyl adjacent to an activating group) is 1. The normalized spacial score (nSPS) is 23.1. The van der Waals surface area contributed by atoms with Crippen molar-refractivity contribution >= 4 is 11.9 Å². The number of imide groups is 1. The van der Waals surface area contributed by atoms with Crippen LogP contribution in [0, 0.1) is 5.92 Å². The Morgan fingerprint density at radius 1 is 1.41 bits per heavy atom. The van der Waals surface area contributed by atoms with E-state index in [4.69, 9.17) is 5.11 Å². The molecule has 0 bridgehead atoms. The topological polar surface area (TPSA) is 81.7 Å². The lowest BCUT2D eigenvalue weighted by Crippen LogP contribution is -2.45. The number of amides is 3. The van der Waals surface area contributed by atoms with Crippen LogP contribution in [-0.2, 0) is 4.79 Å². The number of hydrogen-bond acceptors (Lipinski definition) is 4. The third-order valence-electron chi connectivity index (χ3n) is 2.78. The summed E-state index contributed by atoms with van der Waals surface area (Å²) in [4.78, 5) is 24.4. The Hall–Kier alpha value is -1.14. The molecule has 0 radical (unpaired) electrons. The van der Waals surface area contributed by atoms with Crippen LogP contribution in [0.1, 0.15) is 19.8 Å². The van der Waals surface area contributed by atoms with E-state index in [1.165, 1.54) is 0 Å². The van der Waals surface area contributed by atoms with Crippen LogP contribution in [0.5, 0.6) is 0 Å². The van der Waals surface area contributed by atoms with Gasteiger partial charge in [0.25, 0.3) is 0 Å². The van der Waals surface area contributed by atoms with E-state index in [1.807, 2.05) is 11.9 Å². The number of carbonyl (C=O) groups excluding carboxylic acids is 2. The fourth-order valence-electron chi connectivity index (χ4n) is 1.97. The summed E-state index contributed by atoms with van der Waals surface area (Å²) in [7, 11) is 1.84. The number of hydrogen-bond donors (Lipinski definition) is 3. The third-order valence-corrected chi connectivity index (χ3v) is 2.78. The number of aliphatic hydroxyl groups excluding tert-OH is 1. The van der Waals surface area contributed by atoms with E-state index in [1.54, 1.807) is 6.92 Å². The van der Waals surface area contributed by atoms with Gasteiger partial charge in [-0.25, -0.2) is 4.79 Å². The zero-order valence-corrected chi connectivity index (χ0v) is 10.4. The molecule has 1 rings (SSSR count). The van der Waals surface area contributed by atoms with Crippen molar-refractivity contribution < 1.29 is 14.7 Å². The van der Waals surface area contributed by atoms with Crippen LogP contribution in [0.25, 0.3) is 0 Å². The lowest BCUT2D eigenvalue weighted by atomic mass is 9.82. The highest BCUT2D eigenvalue weighted by atomic mass is 16.3. The molecular weight excluding hydrogens is 222 g/mol. The Morgan fingerprint density at radius 2 is 2.06 bits per heavy atom. The van der Waals surface area contributed by atoms with E-state index in [0.717, 1.165) is 19.4 Å². The summed E-state index contributed by atoms with van der Waals surface area (Å²) in [6.07, 6.45) is 1.45. The van der Waals surface area contributed by atoms with Gasteiger partial charge in [-0.3, -0.25) is 15.0 Å². The van der Waals surface area contributed by atoms with Gasteiger partial charge in [0.05, 0.1) is 12.6 Å². The average Bonchev–Trinajstić information content (AvgIpc) is 2.14. The Balaban J connectivity index is 2.14. The van der Waals surface area contributed by atoms with Crippen LogP contribution in [0.2, 0.25) is 0 Å². The van der Waals surface area contributed by atoms with Gasteiger partial charge in [0, 0.05) is 13.1 Å². The maximum absolute atomic E-state index is 11.4. The van der Waals surface area contributed by atoms with Gasteiger partial charge in [0.15, 0.2) is 0 Å². The van der Waals surface area contributed by atoms with E-state index < -0.39 is 6.03 Å². The molecule has 3 N–H and O–H groups in total. The van der Waals surface area contributed by atoms with Gasteiger partial charge < -0.3 is 10.4 Å². The molecule has 0 aromatic carbocycles. The Kier molecular flexibility index (Phi) is 5.37. The summed E-state index contributed by atoms with van der Waals surface area (Å²) in [5.74, 6) is 0.158. The van der Waals surface area contributed by atoms with E-state index in [0.29, 0.717) is 12.5 Å². The van der Waals surface area contributed by atoms with Crippen LogP contribution < -0.4 is 10.6 Å².